The summed E-state index contributed by atoms with van der Waals surface area (Å²) in [7, 11) is 0. The first kappa shape index (κ1) is 17.8. The lowest BCUT2D eigenvalue weighted by molar-refractivity contribution is -0.0583. The molecule has 4 saturated carbocycles. The standard InChI is InChI=1S/C22H41N/c23-12-10-8-6-4-2-1-3-5-7-9-11-22-16-19-13-20(17-22)15-21(14-19)18-22/h19-21H,1-18,23H2. The first-order valence-corrected chi connectivity index (χ1v) is 11.0. The molecule has 0 saturated heterocycles. The van der Waals surface area contributed by atoms with Crippen molar-refractivity contribution in [3.63, 3.8) is 0 Å². The van der Waals surface area contributed by atoms with Crippen LogP contribution >= 0.6 is 0 Å². The van der Waals surface area contributed by atoms with Gasteiger partial charge in [0.25, 0.3) is 0 Å². The molecule has 0 amide bonds. The molecule has 4 bridgehead atoms. The van der Waals surface area contributed by atoms with Gasteiger partial charge in [0.05, 0.1) is 0 Å². The summed E-state index contributed by atoms with van der Waals surface area (Å²) < 4.78 is 0. The molecule has 1 heteroatoms. The molecule has 0 aromatic rings. The molecule has 134 valence electrons. The first-order chi connectivity index (χ1) is 11.3. The summed E-state index contributed by atoms with van der Waals surface area (Å²) in [6.45, 7) is 0.879. The van der Waals surface area contributed by atoms with Crippen LogP contribution in [0.2, 0.25) is 0 Å². The quantitative estimate of drug-likeness (QED) is 0.411. The molecule has 0 radical (unpaired) electrons. The monoisotopic (exact) mass is 319 g/mol. The van der Waals surface area contributed by atoms with E-state index < -0.39 is 0 Å². The molecular weight excluding hydrogens is 278 g/mol. The fraction of sp³-hybridized carbons (Fsp3) is 1.00. The Hall–Kier alpha value is -0.0400. The summed E-state index contributed by atoms with van der Waals surface area (Å²) in [4.78, 5) is 0. The van der Waals surface area contributed by atoms with E-state index in [0.717, 1.165) is 29.7 Å². The Bertz CT molecular complexity index is 300. The molecule has 1 nitrogen and oxygen atoms in total. The van der Waals surface area contributed by atoms with Crippen molar-refractivity contribution in [2.24, 2.45) is 28.9 Å². The molecule has 0 spiro atoms. The molecule has 0 unspecified atom stereocenters. The van der Waals surface area contributed by atoms with Crippen molar-refractivity contribution in [3.8, 4) is 0 Å². The maximum absolute atomic E-state index is 5.53. The Kier molecular flexibility index (Phi) is 6.86. The van der Waals surface area contributed by atoms with Gasteiger partial charge in [-0.3, -0.25) is 0 Å². The van der Waals surface area contributed by atoms with Gasteiger partial charge in [-0.2, -0.15) is 0 Å². The predicted octanol–water partition coefficient (Wildman–Crippen LogP) is 6.45. The second kappa shape index (κ2) is 8.88. The molecule has 4 aliphatic rings. The third-order valence-electron chi connectivity index (χ3n) is 7.33. The largest absolute Gasteiger partial charge is 0.330 e. The second-order valence-electron chi connectivity index (χ2n) is 9.49. The van der Waals surface area contributed by atoms with Gasteiger partial charge in [-0.1, -0.05) is 57.8 Å². The van der Waals surface area contributed by atoms with Gasteiger partial charge in [0.1, 0.15) is 0 Å². The van der Waals surface area contributed by atoms with E-state index in [0.29, 0.717) is 0 Å². The average Bonchev–Trinajstić information content (AvgIpc) is 2.51. The molecule has 0 aliphatic heterocycles. The Morgan fingerprint density at radius 3 is 1.39 bits per heavy atom. The van der Waals surface area contributed by atoms with Crippen LogP contribution in [0.1, 0.15) is 109 Å². The van der Waals surface area contributed by atoms with Gasteiger partial charge in [0.2, 0.25) is 0 Å². The lowest BCUT2D eigenvalue weighted by Gasteiger charge is -2.57. The molecule has 0 aromatic heterocycles. The van der Waals surface area contributed by atoms with Crippen molar-refractivity contribution in [3.05, 3.63) is 0 Å². The molecule has 4 fully saturated rings. The predicted molar refractivity (Wildman–Crippen MR) is 100 cm³/mol. The van der Waals surface area contributed by atoms with Gasteiger partial charge in [-0.05, 0) is 81.1 Å². The van der Waals surface area contributed by atoms with E-state index in [1.807, 2.05) is 0 Å². The van der Waals surface area contributed by atoms with Crippen molar-refractivity contribution in [1.29, 1.82) is 0 Å². The van der Waals surface area contributed by atoms with E-state index in [2.05, 4.69) is 0 Å². The molecular formula is C22H41N. The van der Waals surface area contributed by atoms with Crippen LogP contribution in [0, 0.1) is 23.2 Å². The van der Waals surface area contributed by atoms with Crippen molar-refractivity contribution in [1.82, 2.24) is 0 Å². The van der Waals surface area contributed by atoms with Crippen molar-refractivity contribution >= 4 is 0 Å². The lowest BCUT2D eigenvalue weighted by Crippen LogP contribution is -2.45. The summed E-state index contributed by atoms with van der Waals surface area (Å²) in [5.74, 6) is 3.42. The Morgan fingerprint density at radius 2 is 0.957 bits per heavy atom. The van der Waals surface area contributed by atoms with E-state index in [9.17, 15) is 0 Å². The summed E-state index contributed by atoms with van der Waals surface area (Å²) in [5, 5.41) is 0. The van der Waals surface area contributed by atoms with Crippen LogP contribution in [0.4, 0.5) is 0 Å². The minimum atomic E-state index is 0.831. The highest BCUT2D eigenvalue weighted by Gasteiger charge is 2.50. The van der Waals surface area contributed by atoms with E-state index in [-0.39, 0.29) is 0 Å². The number of rotatable bonds is 12. The third kappa shape index (κ3) is 5.21. The van der Waals surface area contributed by atoms with Crippen LogP contribution in [-0.4, -0.2) is 6.54 Å². The Morgan fingerprint density at radius 1 is 0.565 bits per heavy atom. The highest BCUT2D eigenvalue weighted by molar-refractivity contribution is 5.01. The topological polar surface area (TPSA) is 26.0 Å². The van der Waals surface area contributed by atoms with Gasteiger partial charge in [-0.25, -0.2) is 0 Å². The summed E-state index contributed by atoms with van der Waals surface area (Å²) in [6, 6.07) is 0. The van der Waals surface area contributed by atoms with Gasteiger partial charge < -0.3 is 5.73 Å². The number of nitrogens with two attached hydrogens (primary N) is 1. The maximum atomic E-state index is 5.53. The summed E-state index contributed by atoms with van der Waals surface area (Å²) >= 11 is 0. The highest BCUT2D eigenvalue weighted by atomic mass is 14.5. The van der Waals surface area contributed by atoms with Crippen molar-refractivity contribution in [2.75, 3.05) is 6.54 Å². The Labute approximate surface area is 145 Å². The molecule has 0 heterocycles. The van der Waals surface area contributed by atoms with Crippen LogP contribution in [0.25, 0.3) is 0 Å². The number of hydrogen-bond donors (Lipinski definition) is 1. The van der Waals surface area contributed by atoms with Crippen molar-refractivity contribution < 1.29 is 0 Å². The van der Waals surface area contributed by atoms with Gasteiger partial charge in [-0.15, -0.1) is 0 Å². The normalized spacial score (nSPS) is 35.1. The van der Waals surface area contributed by atoms with Gasteiger partial charge >= 0.3 is 0 Å². The average molecular weight is 320 g/mol. The van der Waals surface area contributed by atoms with E-state index in [4.69, 9.17) is 5.73 Å². The van der Waals surface area contributed by atoms with Crippen molar-refractivity contribution in [2.45, 2.75) is 109 Å². The van der Waals surface area contributed by atoms with Crippen LogP contribution < -0.4 is 5.73 Å². The molecule has 4 rings (SSSR count). The maximum Gasteiger partial charge on any atom is -0.00773 e. The molecule has 2 N–H and O–H groups in total. The van der Waals surface area contributed by atoms with Crippen LogP contribution in [0.15, 0.2) is 0 Å². The molecule has 4 aliphatic carbocycles. The van der Waals surface area contributed by atoms with Crippen LogP contribution in [-0.2, 0) is 0 Å². The molecule has 0 aromatic carbocycles. The third-order valence-corrected chi connectivity index (χ3v) is 7.33. The molecule has 23 heavy (non-hydrogen) atoms. The summed E-state index contributed by atoms with van der Waals surface area (Å²) in [6.07, 6.45) is 25.6. The zero-order valence-corrected chi connectivity index (χ0v) is 15.5. The fourth-order valence-corrected chi connectivity index (χ4v) is 6.65. The van der Waals surface area contributed by atoms with E-state index in [1.165, 1.54) is 64.2 Å². The van der Waals surface area contributed by atoms with Gasteiger partial charge in [0.15, 0.2) is 0 Å². The minimum Gasteiger partial charge on any atom is -0.330 e. The Balaban J connectivity index is 1.19. The fourth-order valence-electron chi connectivity index (χ4n) is 6.65. The van der Waals surface area contributed by atoms with Crippen LogP contribution in [0.5, 0.6) is 0 Å². The van der Waals surface area contributed by atoms with Gasteiger partial charge in [0, 0.05) is 0 Å². The SMILES string of the molecule is NCCCCCCCCCCCCC12CC3CC(CC(C3)C1)C2. The number of unbranched alkanes of at least 4 members (excludes halogenated alkanes) is 9. The minimum absolute atomic E-state index is 0.831. The lowest BCUT2D eigenvalue weighted by atomic mass is 9.48. The van der Waals surface area contributed by atoms with E-state index >= 15 is 0 Å². The molecule has 0 atom stereocenters. The zero-order chi connectivity index (χ0) is 16.0. The van der Waals surface area contributed by atoms with Crippen LogP contribution in [0.3, 0.4) is 0 Å². The highest BCUT2D eigenvalue weighted by Crippen LogP contribution is 2.61. The zero-order valence-electron chi connectivity index (χ0n) is 15.5. The smallest absolute Gasteiger partial charge is 0.00773 e. The first-order valence-electron chi connectivity index (χ1n) is 11.0. The second-order valence-corrected chi connectivity index (χ2v) is 9.49. The summed E-state index contributed by atoms with van der Waals surface area (Å²) in [5.41, 5.74) is 6.36. The number of hydrogen-bond acceptors (Lipinski definition) is 1. The van der Waals surface area contributed by atoms with E-state index in [1.54, 1.807) is 44.9 Å².